The second kappa shape index (κ2) is 4.15. The maximum Gasteiger partial charge on any atom is 0.0412 e. The molecule has 13 heavy (non-hydrogen) atoms. The van der Waals surface area contributed by atoms with E-state index < -0.39 is 0 Å². The zero-order chi connectivity index (χ0) is 9.10. The van der Waals surface area contributed by atoms with E-state index in [1.54, 1.807) is 0 Å². The molecular weight excluding hydrogens is 180 g/mol. The van der Waals surface area contributed by atoms with Crippen LogP contribution in [-0.2, 0) is 0 Å². The van der Waals surface area contributed by atoms with E-state index >= 15 is 0 Å². The van der Waals surface area contributed by atoms with Crippen molar-refractivity contribution in [2.24, 2.45) is 0 Å². The van der Waals surface area contributed by atoms with Crippen molar-refractivity contribution in [3.63, 3.8) is 0 Å². The quantitative estimate of drug-likeness (QED) is 0.628. The lowest BCUT2D eigenvalue weighted by Crippen LogP contribution is -2.04. The first-order valence-electron chi connectivity index (χ1n) is 5.03. The van der Waals surface area contributed by atoms with Crippen LogP contribution in [0.5, 0.6) is 0 Å². The summed E-state index contributed by atoms with van der Waals surface area (Å²) in [6.07, 6.45) is 6.82. The van der Waals surface area contributed by atoms with Crippen LogP contribution in [0.3, 0.4) is 0 Å². The molecule has 0 unspecified atom stereocenters. The summed E-state index contributed by atoms with van der Waals surface area (Å²) in [7, 11) is 0. The van der Waals surface area contributed by atoms with Crippen LogP contribution < -0.4 is 0 Å². The molecule has 0 bridgehead atoms. The average molecular weight is 194 g/mol. The summed E-state index contributed by atoms with van der Waals surface area (Å²) in [5, 5.41) is 0.791. The van der Waals surface area contributed by atoms with Crippen LogP contribution in [-0.4, -0.2) is 0 Å². The van der Waals surface area contributed by atoms with Crippen molar-refractivity contribution in [2.45, 2.75) is 38.0 Å². The lowest BCUT2D eigenvalue weighted by molar-refractivity contribution is 0.443. The smallest absolute Gasteiger partial charge is 0.0412 e. The first-order chi connectivity index (χ1) is 6.36. The van der Waals surface area contributed by atoms with E-state index in [2.05, 4.69) is 12.1 Å². The number of halogens is 1. The molecule has 0 heterocycles. The van der Waals surface area contributed by atoms with Crippen LogP contribution in [0.2, 0.25) is 5.02 Å². The lowest BCUT2D eigenvalue weighted by atomic mass is 9.84. The first-order valence-corrected chi connectivity index (χ1v) is 5.41. The van der Waals surface area contributed by atoms with E-state index in [1.165, 1.54) is 37.7 Å². The van der Waals surface area contributed by atoms with Crippen molar-refractivity contribution in [2.75, 3.05) is 0 Å². The Morgan fingerprint density at radius 1 is 1.15 bits per heavy atom. The van der Waals surface area contributed by atoms with Gasteiger partial charge in [0.2, 0.25) is 0 Å². The monoisotopic (exact) mass is 193 g/mol. The predicted octanol–water partition coefficient (Wildman–Crippen LogP) is 4.19. The highest BCUT2D eigenvalue weighted by molar-refractivity contribution is 6.30. The van der Waals surface area contributed by atoms with E-state index in [0.29, 0.717) is 0 Å². The van der Waals surface area contributed by atoms with Crippen LogP contribution in [0, 0.1) is 6.07 Å². The first kappa shape index (κ1) is 9.08. The molecule has 1 aromatic carbocycles. The van der Waals surface area contributed by atoms with Crippen molar-refractivity contribution < 1.29 is 0 Å². The summed E-state index contributed by atoms with van der Waals surface area (Å²) in [4.78, 5) is 0. The van der Waals surface area contributed by atoms with E-state index in [0.717, 1.165) is 10.9 Å². The van der Waals surface area contributed by atoms with Gasteiger partial charge in [-0.1, -0.05) is 36.9 Å². The van der Waals surface area contributed by atoms with Gasteiger partial charge in [-0.05, 0) is 42.5 Å². The molecule has 0 aliphatic heterocycles. The van der Waals surface area contributed by atoms with Crippen LogP contribution >= 0.6 is 11.6 Å². The number of hydrogen-bond acceptors (Lipinski definition) is 0. The van der Waals surface area contributed by atoms with Gasteiger partial charge in [0, 0.05) is 5.02 Å². The fourth-order valence-electron chi connectivity index (χ4n) is 2.09. The van der Waals surface area contributed by atoms with Crippen LogP contribution in [0.1, 0.15) is 43.6 Å². The normalized spacial score (nSPS) is 18.8. The van der Waals surface area contributed by atoms with E-state index in [-0.39, 0.29) is 0 Å². The molecule has 0 N–H and O–H groups in total. The molecular formula is C12H14Cl. The molecule has 0 spiro atoms. The molecule has 0 aromatic heterocycles. The zero-order valence-corrected chi connectivity index (χ0v) is 8.48. The molecule has 1 saturated carbocycles. The van der Waals surface area contributed by atoms with Gasteiger partial charge in [-0.2, -0.15) is 0 Å². The molecule has 1 aliphatic carbocycles. The van der Waals surface area contributed by atoms with Gasteiger partial charge in [-0.3, -0.25) is 0 Å². The van der Waals surface area contributed by atoms with Crippen LogP contribution in [0.4, 0.5) is 0 Å². The zero-order valence-electron chi connectivity index (χ0n) is 7.72. The molecule has 2 rings (SSSR count). The van der Waals surface area contributed by atoms with E-state index in [1.807, 2.05) is 12.1 Å². The fraction of sp³-hybridized carbons (Fsp3) is 0.500. The molecule has 0 saturated heterocycles. The number of rotatable bonds is 1. The van der Waals surface area contributed by atoms with Gasteiger partial charge in [0.25, 0.3) is 0 Å². The Hall–Kier alpha value is -0.490. The number of hydrogen-bond donors (Lipinski definition) is 0. The van der Waals surface area contributed by atoms with E-state index in [9.17, 15) is 0 Å². The summed E-state index contributed by atoms with van der Waals surface area (Å²) in [6, 6.07) is 9.25. The SMILES string of the molecule is Clc1c[c]c(C2CCCCC2)cc1. The van der Waals surface area contributed by atoms with Crippen LogP contribution in [0.15, 0.2) is 18.2 Å². The predicted molar refractivity (Wildman–Crippen MR) is 56.1 cm³/mol. The van der Waals surface area contributed by atoms with Gasteiger partial charge in [-0.15, -0.1) is 0 Å². The minimum atomic E-state index is 0.742. The standard InChI is InChI=1S/C12H14Cl/c13-12-8-6-11(7-9-12)10-4-2-1-3-5-10/h6,8-10H,1-5H2. The van der Waals surface area contributed by atoms with Gasteiger partial charge in [-0.25, -0.2) is 0 Å². The van der Waals surface area contributed by atoms with Gasteiger partial charge < -0.3 is 0 Å². The van der Waals surface area contributed by atoms with Crippen molar-refractivity contribution in [3.05, 3.63) is 34.9 Å². The molecule has 69 valence electrons. The molecule has 0 amide bonds. The number of benzene rings is 1. The van der Waals surface area contributed by atoms with Crippen molar-refractivity contribution in [1.29, 1.82) is 0 Å². The third-order valence-electron chi connectivity index (χ3n) is 2.84. The topological polar surface area (TPSA) is 0 Å². The summed E-state index contributed by atoms with van der Waals surface area (Å²) in [6.45, 7) is 0. The third kappa shape index (κ3) is 2.25. The lowest BCUT2D eigenvalue weighted by Gasteiger charge is -2.21. The second-order valence-electron chi connectivity index (χ2n) is 3.80. The molecule has 1 aromatic rings. The van der Waals surface area contributed by atoms with Gasteiger partial charge in [0.05, 0.1) is 0 Å². The van der Waals surface area contributed by atoms with Crippen molar-refractivity contribution in [1.82, 2.24) is 0 Å². The Bertz CT molecular complexity index is 257. The van der Waals surface area contributed by atoms with Gasteiger partial charge >= 0.3 is 0 Å². The third-order valence-corrected chi connectivity index (χ3v) is 3.08. The molecule has 0 atom stereocenters. The Balaban J connectivity index is 2.10. The summed E-state index contributed by atoms with van der Waals surface area (Å²) in [5.74, 6) is 0.742. The Labute approximate surface area is 84.9 Å². The molecule has 1 aliphatic rings. The highest BCUT2D eigenvalue weighted by Crippen LogP contribution is 2.32. The van der Waals surface area contributed by atoms with Gasteiger partial charge in [0.1, 0.15) is 0 Å². The fourth-order valence-corrected chi connectivity index (χ4v) is 2.20. The van der Waals surface area contributed by atoms with Crippen molar-refractivity contribution in [3.8, 4) is 0 Å². The molecule has 1 heteroatoms. The van der Waals surface area contributed by atoms with Crippen LogP contribution in [0.25, 0.3) is 0 Å². The molecule has 1 fully saturated rings. The summed E-state index contributed by atoms with van der Waals surface area (Å²) in [5.41, 5.74) is 1.35. The average Bonchev–Trinajstić information content (AvgIpc) is 2.20. The Morgan fingerprint density at radius 3 is 2.54 bits per heavy atom. The molecule has 1 radical (unpaired) electrons. The van der Waals surface area contributed by atoms with E-state index in [4.69, 9.17) is 11.6 Å². The van der Waals surface area contributed by atoms with Crippen molar-refractivity contribution >= 4 is 11.6 Å². The Morgan fingerprint density at radius 2 is 1.92 bits per heavy atom. The minimum absolute atomic E-state index is 0.742. The second-order valence-corrected chi connectivity index (χ2v) is 4.23. The molecule has 0 nitrogen and oxygen atoms in total. The minimum Gasteiger partial charge on any atom is -0.0843 e. The van der Waals surface area contributed by atoms with Gasteiger partial charge in [0.15, 0.2) is 0 Å². The Kier molecular flexibility index (Phi) is 2.90. The summed E-state index contributed by atoms with van der Waals surface area (Å²) >= 11 is 5.82. The maximum absolute atomic E-state index is 5.82. The summed E-state index contributed by atoms with van der Waals surface area (Å²) < 4.78 is 0. The highest BCUT2D eigenvalue weighted by Gasteiger charge is 2.14. The largest absolute Gasteiger partial charge is 0.0843 e. The maximum atomic E-state index is 5.82. The highest BCUT2D eigenvalue weighted by atomic mass is 35.5.